The van der Waals surface area contributed by atoms with Gasteiger partial charge in [0.1, 0.15) is 5.75 Å². The monoisotopic (exact) mass is 296 g/mol. The maximum Gasteiger partial charge on any atom is 0.189 e. The molecule has 0 aliphatic carbocycles. The molecule has 0 heterocycles. The van der Waals surface area contributed by atoms with Crippen LogP contribution < -0.4 is 4.74 Å². The fourth-order valence-electron chi connectivity index (χ4n) is 2.31. The second-order valence-corrected chi connectivity index (χ2v) is 5.25. The molecule has 3 heteroatoms. The molecule has 2 aromatic carbocycles. The van der Waals surface area contributed by atoms with Crippen LogP contribution in [0.4, 0.5) is 0 Å². The third-order valence-electron chi connectivity index (χ3n) is 3.55. The van der Waals surface area contributed by atoms with Crippen molar-refractivity contribution in [1.29, 1.82) is 0 Å². The van der Waals surface area contributed by atoms with Gasteiger partial charge in [-0.3, -0.25) is 4.79 Å². The van der Waals surface area contributed by atoms with E-state index in [1.807, 2.05) is 32.1 Å². The summed E-state index contributed by atoms with van der Waals surface area (Å²) in [5.41, 5.74) is 4.47. The molecule has 0 fully saturated rings. The highest BCUT2D eigenvalue weighted by atomic mass is 16.5. The van der Waals surface area contributed by atoms with E-state index in [2.05, 4.69) is 6.07 Å². The first-order valence-electron chi connectivity index (χ1n) is 7.12. The van der Waals surface area contributed by atoms with Crippen molar-refractivity contribution in [3.63, 3.8) is 0 Å². The Labute approximate surface area is 130 Å². The minimum atomic E-state index is -0.146. The number of aliphatic hydroxyl groups is 1. The number of rotatable bonds is 5. The van der Waals surface area contributed by atoms with Crippen LogP contribution in [0.1, 0.15) is 32.6 Å². The summed E-state index contributed by atoms with van der Waals surface area (Å²) in [4.78, 5) is 12.4. The maximum atomic E-state index is 12.4. The average molecular weight is 296 g/mol. The number of carbonyl (C=O) groups is 1. The molecule has 0 spiro atoms. The molecule has 3 nitrogen and oxygen atoms in total. The first-order chi connectivity index (χ1) is 10.5. The van der Waals surface area contributed by atoms with Crippen LogP contribution in [0.5, 0.6) is 5.75 Å². The van der Waals surface area contributed by atoms with Crippen molar-refractivity contribution in [3.05, 3.63) is 70.3 Å². The Bertz CT molecular complexity index is 715. The maximum absolute atomic E-state index is 12.4. The first-order valence-corrected chi connectivity index (χ1v) is 7.12. The number of carbonyl (C=O) groups excluding carboxylic acids is 1. The predicted molar refractivity (Wildman–Crippen MR) is 88.2 cm³/mol. The van der Waals surface area contributed by atoms with Crippen LogP contribution in [0.15, 0.2) is 42.5 Å². The van der Waals surface area contributed by atoms with Gasteiger partial charge < -0.3 is 9.84 Å². The summed E-state index contributed by atoms with van der Waals surface area (Å²) in [6.07, 6.45) is 3.35. The molecule has 22 heavy (non-hydrogen) atoms. The third-order valence-corrected chi connectivity index (χ3v) is 3.55. The van der Waals surface area contributed by atoms with E-state index < -0.39 is 0 Å². The molecule has 0 saturated heterocycles. The van der Waals surface area contributed by atoms with Crippen LogP contribution >= 0.6 is 0 Å². The molecule has 2 aromatic rings. The van der Waals surface area contributed by atoms with Crippen LogP contribution in [-0.4, -0.2) is 18.0 Å². The largest absolute Gasteiger partial charge is 0.496 e. The SMILES string of the molecule is COc1ccc(CO)cc1C(=O)/C=C/c1ccc(C)cc1C. The van der Waals surface area contributed by atoms with Gasteiger partial charge in [0.25, 0.3) is 0 Å². The lowest BCUT2D eigenvalue weighted by atomic mass is 10.0. The Hall–Kier alpha value is -2.39. The van der Waals surface area contributed by atoms with E-state index in [9.17, 15) is 9.90 Å². The number of methoxy groups -OCH3 is 1. The number of ketones is 1. The highest BCUT2D eigenvalue weighted by Crippen LogP contribution is 2.22. The molecule has 0 bridgehead atoms. The quantitative estimate of drug-likeness (QED) is 0.676. The molecule has 0 unspecified atom stereocenters. The van der Waals surface area contributed by atoms with Crippen molar-refractivity contribution in [2.24, 2.45) is 0 Å². The molecule has 0 saturated carbocycles. The van der Waals surface area contributed by atoms with Gasteiger partial charge in [-0.2, -0.15) is 0 Å². The highest BCUT2D eigenvalue weighted by Gasteiger charge is 2.10. The van der Waals surface area contributed by atoms with Gasteiger partial charge in [-0.1, -0.05) is 35.9 Å². The molecular weight excluding hydrogens is 276 g/mol. The molecule has 1 N–H and O–H groups in total. The zero-order valence-corrected chi connectivity index (χ0v) is 13.1. The summed E-state index contributed by atoms with van der Waals surface area (Å²) in [5, 5.41) is 9.21. The van der Waals surface area contributed by atoms with Gasteiger partial charge in [0.15, 0.2) is 5.78 Å². The number of hydrogen-bond donors (Lipinski definition) is 1. The Morgan fingerprint density at radius 1 is 1.18 bits per heavy atom. The number of ether oxygens (including phenoxy) is 1. The Morgan fingerprint density at radius 3 is 2.59 bits per heavy atom. The summed E-state index contributed by atoms with van der Waals surface area (Å²) < 4.78 is 5.22. The van der Waals surface area contributed by atoms with E-state index in [0.29, 0.717) is 16.9 Å². The second-order valence-electron chi connectivity index (χ2n) is 5.25. The van der Waals surface area contributed by atoms with Crippen LogP contribution in [0.25, 0.3) is 6.08 Å². The topological polar surface area (TPSA) is 46.5 Å². The van der Waals surface area contributed by atoms with Gasteiger partial charge in [0, 0.05) is 0 Å². The molecule has 0 aliphatic rings. The number of benzene rings is 2. The van der Waals surface area contributed by atoms with E-state index >= 15 is 0 Å². The van der Waals surface area contributed by atoms with E-state index in [1.165, 1.54) is 18.7 Å². The van der Waals surface area contributed by atoms with Crippen molar-refractivity contribution in [2.45, 2.75) is 20.5 Å². The smallest absolute Gasteiger partial charge is 0.189 e. The molecule has 0 atom stereocenters. The molecule has 0 aromatic heterocycles. The minimum absolute atomic E-state index is 0.106. The molecule has 0 aliphatic heterocycles. The van der Waals surface area contributed by atoms with Gasteiger partial charge in [-0.15, -0.1) is 0 Å². The van der Waals surface area contributed by atoms with E-state index in [0.717, 1.165) is 11.1 Å². The Balaban J connectivity index is 2.30. The third kappa shape index (κ3) is 3.62. The summed E-state index contributed by atoms with van der Waals surface area (Å²) in [6, 6.07) is 11.2. The summed E-state index contributed by atoms with van der Waals surface area (Å²) in [7, 11) is 1.53. The van der Waals surface area contributed by atoms with Gasteiger partial charge in [0.2, 0.25) is 0 Å². The zero-order chi connectivity index (χ0) is 16.1. The van der Waals surface area contributed by atoms with Crippen molar-refractivity contribution < 1.29 is 14.6 Å². The Kier molecular flexibility index (Phi) is 5.12. The average Bonchev–Trinajstić information content (AvgIpc) is 2.53. The van der Waals surface area contributed by atoms with Crippen molar-refractivity contribution in [2.75, 3.05) is 7.11 Å². The Morgan fingerprint density at radius 2 is 1.95 bits per heavy atom. The van der Waals surface area contributed by atoms with Crippen molar-refractivity contribution >= 4 is 11.9 Å². The lowest BCUT2D eigenvalue weighted by molar-refractivity contribution is 0.104. The zero-order valence-electron chi connectivity index (χ0n) is 13.1. The fourth-order valence-corrected chi connectivity index (χ4v) is 2.31. The fraction of sp³-hybridized carbons (Fsp3) is 0.211. The number of allylic oxidation sites excluding steroid dienone is 1. The lowest BCUT2D eigenvalue weighted by Crippen LogP contribution is -2.00. The normalized spacial score (nSPS) is 10.9. The van der Waals surface area contributed by atoms with Gasteiger partial charge in [0.05, 0.1) is 19.3 Å². The molecule has 2 rings (SSSR count). The predicted octanol–water partition coefficient (Wildman–Crippen LogP) is 3.70. The van der Waals surface area contributed by atoms with E-state index in [-0.39, 0.29) is 12.4 Å². The minimum Gasteiger partial charge on any atom is -0.496 e. The highest BCUT2D eigenvalue weighted by molar-refractivity contribution is 6.08. The van der Waals surface area contributed by atoms with Gasteiger partial charge in [-0.25, -0.2) is 0 Å². The number of aryl methyl sites for hydroxylation is 2. The van der Waals surface area contributed by atoms with E-state index in [1.54, 1.807) is 18.2 Å². The summed E-state index contributed by atoms with van der Waals surface area (Å²) >= 11 is 0. The number of aliphatic hydroxyl groups excluding tert-OH is 1. The number of hydrogen-bond acceptors (Lipinski definition) is 3. The first kappa shape index (κ1) is 16.0. The van der Waals surface area contributed by atoms with Gasteiger partial charge >= 0.3 is 0 Å². The van der Waals surface area contributed by atoms with Gasteiger partial charge in [-0.05, 0) is 48.7 Å². The van der Waals surface area contributed by atoms with Crippen molar-refractivity contribution in [1.82, 2.24) is 0 Å². The summed E-state index contributed by atoms with van der Waals surface area (Å²) in [5.74, 6) is 0.361. The lowest BCUT2D eigenvalue weighted by Gasteiger charge is -2.07. The molecule has 0 radical (unpaired) electrons. The van der Waals surface area contributed by atoms with Crippen LogP contribution in [-0.2, 0) is 6.61 Å². The second kappa shape index (κ2) is 7.05. The van der Waals surface area contributed by atoms with Crippen LogP contribution in [0.2, 0.25) is 0 Å². The standard InChI is InChI=1S/C19H20O3/c1-13-4-6-16(14(2)10-13)7-8-18(21)17-11-15(12-20)5-9-19(17)22-3/h4-11,20H,12H2,1-3H3/b8-7+. The molecule has 0 amide bonds. The van der Waals surface area contributed by atoms with E-state index in [4.69, 9.17) is 4.74 Å². The molecule has 114 valence electrons. The van der Waals surface area contributed by atoms with Crippen LogP contribution in [0, 0.1) is 13.8 Å². The summed E-state index contributed by atoms with van der Waals surface area (Å²) in [6.45, 7) is 3.95. The van der Waals surface area contributed by atoms with Crippen molar-refractivity contribution in [3.8, 4) is 5.75 Å². The molecular formula is C19H20O3. The van der Waals surface area contributed by atoms with Crippen LogP contribution in [0.3, 0.4) is 0 Å².